The van der Waals surface area contributed by atoms with E-state index < -0.39 is 11.7 Å². The van der Waals surface area contributed by atoms with Crippen LogP contribution in [0, 0.1) is 5.82 Å². The molecule has 122 valence electrons. The van der Waals surface area contributed by atoms with Crippen molar-refractivity contribution in [3.63, 3.8) is 0 Å². The maximum Gasteiger partial charge on any atom is 0.262 e. The Hall–Kier alpha value is -3.00. The Morgan fingerprint density at radius 3 is 2.92 bits per heavy atom. The van der Waals surface area contributed by atoms with Gasteiger partial charge in [0.1, 0.15) is 17.9 Å². The fourth-order valence-corrected chi connectivity index (χ4v) is 2.14. The molecule has 0 aliphatic heterocycles. The number of carbonyl (C=O) groups is 1. The van der Waals surface area contributed by atoms with Crippen molar-refractivity contribution in [3.05, 3.63) is 59.6 Å². The van der Waals surface area contributed by atoms with Crippen molar-refractivity contribution in [2.45, 2.75) is 0 Å². The zero-order chi connectivity index (χ0) is 16.9. The van der Waals surface area contributed by atoms with Gasteiger partial charge in [-0.05, 0) is 40.8 Å². The summed E-state index contributed by atoms with van der Waals surface area (Å²) in [5, 5.41) is 13.5. The number of rotatable bonds is 5. The number of amides is 1. The molecule has 3 aromatic rings. The normalized spacial score (nSPS) is 10.4. The number of benzene rings is 2. The number of hydrogen-bond acceptors (Lipinski definition) is 5. The van der Waals surface area contributed by atoms with Crippen LogP contribution in [0.3, 0.4) is 0 Å². The Morgan fingerprint density at radius 2 is 2.17 bits per heavy atom. The Morgan fingerprint density at radius 1 is 1.29 bits per heavy atom. The molecule has 1 aromatic heterocycles. The molecular formula is C15H11ClFN5O2. The third-order valence-corrected chi connectivity index (χ3v) is 3.32. The van der Waals surface area contributed by atoms with Crippen molar-refractivity contribution in [1.29, 1.82) is 0 Å². The third kappa shape index (κ3) is 3.85. The van der Waals surface area contributed by atoms with E-state index in [1.807, 2.05) is 0 Å². The van der Waals surface area contributed by atoms with Crippen molar-refractivity contribution >= 4 is 23.2 Å². The van der Waals surface area contributed by atoms with Gasteiger partial charge in [-0.25, -0.2) is 9.07 Å². The van der Waals surface area contributed by atoms with Gasteiger partial charge in [-0.2, -0.15) is 0 Å². The van der Waals surface area contributed by atoms with Crippen LogP contribution in [0.1, 0.15) is 0 Å². The molecule has 0 aliphatic rings. The zero-order valence-corrected chi connectivity index (χ0v) is 12.9. The van der Waals surface area contributed by atoms with Gasteiger partial charge in [-0.1, -0.05) is 17.7 Å². The molecule has 2 aromatic carbocycles. The first kappa shape index (κ1) is 15.9. The molecule has 1 amide bonds. The van der Waals surface area contributed by atoms with Crippen LogP contribution in [0.25, 0.3) is 5.69 Å². The fourth-order valence-electron chi connectivity index (χ4n) is 1.92. The molecule has 3 rings (SSSR count). The first-order chi connectivity index (χ1) is 11.6. The summed E-state index contributed by atoms with van der Waals surface area (Å²) in [5.41, 5.74) is 1.01. The summed E-state index contributed by atoms with van der Waals surface area (Å²) in [6.45, 7) is -0.229. The molecule has 0 spiro atoms. The van der Waals surface area contributed by atoms with Crippen molar-refractivity contribution < 1.29 is 13.9 Å². The van der Waals surface area contributed by atoms with Crippen LogP contribution in [0.5, 0.6) is 5.75 Å². The average Bonchev–Trinajstić information content (AvgIpc) is 3.10. The SMILES string of the molecule is O=C(COc1cccc(-n2cnnn2)c1)Nc1ccc(F)cc1Cl. The van der Waals surface area contributed by atoms with E-state index in [9.17, 15) is 9.18 Å². The summed E-state index contributed by atoms with van der Waals surface area (Å²) < 4.78 is 19.9. The van der Waals surface area contributed by atoms with Gasteiger partial charge < -0.3 is 10.1 Å². The second-order valence-corrected chi connectivity index (χ2v) is 5.12. The number of carbonyl (C=O) groups excluding carboxylic acids is 1. The number of nitrogens with one attached hydrogen (secondary N) is 1. The molecule has 24 heavy (non-hydrogen) atoms. The Bertz CT molecular complexity index is 857. The van der Waals surface area contributed by atoms with E-state index in [0.29, 0.717) is 17.1 Å². The molecule has 0 bridgehead atoms. The Kier molecular flexibility index (Phi) is 4.66. The maximum atomic E-state index is 13.0. The number of tetrazole rings is 1. The number of ether oxygens (including phenoxy) is 1. The van der Waals surface area contributed by atoms with Crippen LogP contribution >= 0.6 is 11.6 Å². The number of aromatic nitrogens is 4. The van der Waals surface area contributed by atoms with Gasteiger partial charge >= 0.3 is 0 Å². The van der Waals surface area contributed by atoms with Crippen molar-refractivity contribution in [2.75, 3.05) is 11.9 Å². The van der Waals surface area contributed by atoms with E-state index in [1.54, 1.807) is 24.3 Å². The van der Waals surface area contributed by atoms with Gasteiger partial charge in [0, 0.05) is 6.07 Å². The minimum absolute atomic E-state index is 0.115. The highest BCUT2D eigenvalue weighted by Gasteiger charge is 2.08. The van der Waals surface area contributed by atoms with E-state index in [2.05, 4.69) is 20.8 Å². The van der Waals surface area contributed by atoms with Crippen molar-refractivity contribution in [2.24, 2.45) is 0 Å². The van der Waals surface area contributed by atoms with Crippen LogP contribution in [0.4, 0.5) is 10.1 Å². The first-order valence-corrected chi connectivity index (χ1v) is 7.21. The number of halogens is 2. The molecule has 9 heteroatoms. The van der Waals surface area contributed by atoms with E-state index in [0.717, 1.165) is 6.07 Å². The molecular weight excluding hydrogens is 337 g/mol. The highest BCUT2D eigenvalue weighted by Crippen LogP contribution is 2.22. The summed E-state index contributed by atoms with van der Waals surface area (Å²) in [5.74, 6) is -0.423. The van der Waals surface area contributed by atoms with E-state index in [1.165, 1.54) is 23.1 Å². The van der Waals surface area contributed by atoms with Crippen LogP contribution < -0.4 is 10.1 Å². The molecule has 0 saturated carbocycles. The lowest BCUT2D eigenvalue weighted by molar-refractivity contribution is -0.118. The van der Waals surface area contributed by atoms with E-state index in [4.69, 9.17) is 16.3 Å². The molecule has 1 N–H and O–H groups in total. The van der Waals surface area contributed by atoms with Gasteiger partial charge in [0.05, 0.1) is 16.4 Å². The topological polar surface area (TPSA) is 81.9 Å². The molecule has 7 nitrogen and oxygen atoms in total. The number of anilines is 1. The minimum atomic E-state index is -0.478. The molecule has 0 aliphatic carbocycles. The monoisotopic (exact) mass is 347 g/mol. The van der Waals surface area contributed by atoms with Gasteiger partial charge in [-0.3, -0.25) is 4.79 Å². The minimum Gasteiger partial charge on any atom is -0.484 e. The molecule has 0 unspecified atom stereocenters. The Balaban J connectivity index is 1.61. The standard InChI is InChI=1S/C15H11ClFN5O2/c16-13-6-10(17)4-5-14(13)19-15(23)8-24-12-3-1-2-11(7-12)22-9-18-20-21-22/h1-7,9H,8H2,(H,19,23). The summed E-state index contributed by atoms with van der Waals surface area (Å²) >= 11 is 5.85. The molecule has 1 heterocycles. The Labute approximate surface area is 141 Å². The van der Waals surface area contributed by atoms with Gasteiger partial charge in [0.25, 0.3) is 5.91 Å². The second-order valence-electron chi connectivity index (χ2n) is 4.71. The van der Waals surface area contributed by atoms with Gasteiger partial charge in [-0.15, -0.1) is 5.10 Å². The lowest BCUT2D eigenvalue weighted by atomic mass is 10.3. The van der Waals surface area contributed by atoms with Gasteiger partial charge in [0.15, 0.2) is 6.61 Å². The summed E-state index contributed by atoms with van der Waals surface area (Å²) in [6, 6.07) is 10.6. The van der Waals surface area contributed by atoms with Crippen LogP contribution in [-0.2, 0) is 4.79 Å². The fraction of sp³-hybridized carbons (Fsp3) is 0.0667. The molecule has 0 saturated heterocycles. The lowest BCUT2D eigenvalue weighted by Gasteiger charge is -2.09. The van der Waals surface area contributed by atoms with Crippen molar-refractivity contribution in [1.82, 2.24) is 20.2 Å². The molecule has 0 atom stereocenters. The average molecular weight is 348 g/mol. The zero-order valence-electron chi connectivity index (χ0n) is 12.2. The van der Waals surface area contributed by atoms with E-state index >= 15 is 0 Å². The number of hydrogen-bond donors (Lipinski definition) is 1. The predicted octanol–water partition coefficient (Wildman–Crippen LogP) is 2.47. The highest BCUT2D eigenvalue weighted by atomic mass is 35.5. The molecule has 0 radical (unpaired) electrons. The number of nitrogens with zero attached hydrogens (tertiary/aromatic N) is 4. The summed E-state index contributed by atoms with van der Waals surface area (Å²) in [6.07, 6.45) is 1.45. The van der Waals surface area contributed by atoms with Gasteiger partial charge in [0.2, 0.25) is 0 Å². The summed E-state index contributed by atoms with van der Waals surface area (Å²) in [7, 11) is 0. The van der Waals surface area contributed by atoms with E-state index in [-0.39, 0.29) is 11.6 Å². The second kappa shape index (κ2) is 7.05. The quantitative estimate of drug-likeness (QED) is 0.766. The first-order valence-electron chi connectivity index (χ1n) is 6.83. The van der Waals surface area contributed by atoms with Crippen molar-refractivity contribution in [3.8, 4) is 11.4 Å². The highest BCUT2D eigenvalue weighted by molar-refractivity contribution is 6.33. The third-order valence-electron chi connectivity index (χ3n) is 3.01. The molecule has 0 fully saturated rings. The van der Waals surface area contributed by atoms with Crippen LogP contribution in [-0.4, -0.2) is 32.7 Å². The largest absolute Gasteiger partial charge is 0.484 e. The smallest absolute Gasteiger partial charge is 0.262 e. The maximum absolute atomic E-state index is 13.0. The lowest BCUT2D eigenvalue weighted by Crippen LogP contribution is -2.20. The van der Waals surface area contributed by atoms with Crippen LogP contribution in [0.15, 0.2) is 48.8 Å². The predicted molar refractivity (Wildman–Crippen MR) is 84.7 cm³/mol. The summed E-state index contributed by atoms with van der Waals surface area (Å²) in [4.78, 5) is 11.9. The van der Waals surface area contributed by atoms with Crippen LogP contribution in [0.2, 0.25) is 5.02 Å².